The Hall–Kier alpha value is -5.56. The molecule has 2 aromatic rings. The maximum atomic E-state index is 6.02. The number of hydrogen-bond donors (Lipinski definition) is 0. The third-order valence-corrected chi connectivity index (χ3v) is 12.9. The van der Waals surface area contributed by atoms with Crippen LogP contribution in [0.2, 0.25) is 0 Å². The number of ether oxygens (including phenoxy) is 5. The van der Waals surface area contributed by atoms with Gasteiger partial charge >= 0.3 is 0 Å². The standard InChI is InChI=1S/C59H64O5/c1-3-59(44-62-45-59)33-9-5-4-6-11-35-63-56-29-21-48(22-30-56)15-13-46-17-25-50-37-54(38-51(50)26-18-46)55-39-52-27-19-47(20-28-53(52)40-55)14-16-49-23-31-57(32-24-49)64-36-12-8-7-10-34-60-41-58(2)42-61-43-58/h17-32,37-40H,3-12,33-36,41-45H2,1-2H3. The molecule has 0 bridgehead atoms. The SMILES string of the molecule is CCC1(CCCCCCCOc2ccc(C#Cc3ccc4cc(-c5cc6ccc(C#Cc7ccc(OCCCCCCOCC8(C)COC8)cc7)ccc-6c5)cc-4cc3)cc2)COC1. The summed E-state index contributed by atoms with van der Waals surface area (Å²) >= 11 is 0. The average Bonchev–Trinajstić information content (AvgIpc) is 3.78. The van der Waals surface area contributed by atoms with E-state index >= 15 is 0 Å². The van der Waals surface area contributed by atoms with Crippen molar-refractivity contribution in [2.75, 3.05) is 52.9 Å². The number of rotatable bonds is 21. The zero-order valence-electron chi connectivity index (χ0n) is 38.0. The fraction of sp³-hybridized carbons (Fsp3) is 0.390. The highest BCUT2D eigenvalue weighted by Crippen LogP contribution is 2.38. The van der Waals surface area contributed by atoms with Crippen molar-refractivity contribution in [2.45, 2.75) is 84.5 Å². The van der Waals surface area contributed by atoms with Crippen LogP contribution in [0.25, 0.3) is 33.4 Å². The Balaban J connectivity index is 0.759. The van der Waals surface area contributed by atoms with Gasteiger partial charge in [0.05, 0.1) is 46.2 Å². The van der Waals surface area contributed by atoms with Crippen molar-refractivity contribution in [3.05, 3.63) is 144 Å². The van der Waals surface area contributed by atoms with Crippen molar-refractivity contribution in [3.8, 4) is 68.6 Å². The lowest BCUT2D eigenvalue weighted by Crippen LogP contribution is -2.43. The van der Waals surface area contributed by atoms with Crippen LogP contribution in [0.3, 0.4) is 0 Å². The summed E-state index contributed by atoms with van der Waals surface area (Å²) in [5, 5.41) is 0. The van der Waals surface area contributed by atoms with E-state index in [1.807, 2.05) is 48.5 Å². The van der Waals surface area contributed by atoms with Crippen molar-refractivity contribution >= 4 is 0 Å². The van der Waals surface area contributed by atoms with E-state index in [-0.39, 0.29) is 5.41 Å². The summed E-state index contributed by atoms with van der Waals surface area (Å²) in [5.74, 6) is 15.2. The normalized spacial score (nSPS) is 14.7. The molecule has 5 nitrogen and oxygen atoms in total. The summed E-state index contributed by atoms with van der Waals surface area (Å²) < 4.78 is 28.6. The van der Waals surface area contributed by atoms with Crippen molar-refractivity contribution in [1.82, 2.24) is 0 Å². The van der Waals surface area contributed by atoms with Crippen LogP contribution in [0.5, 0.6) is 11.5 Å². The molecule has 8 rings (SSSR count). The van der Waals surface area contributed by atoms with Gasteiger partial charge in [0, 0.05) is 39.7 Å². The van der Waals surface area contributed by atoms with Crippen molar-refractivity contribution in [2.24, 2.45) is 10.8 Å². The predicted octanol–water partition coefficient (Wildman–Crippen LogP) is 13.5. The molecule has 64 heavy (non-hydrogen) atoms. The molecule has 0 radical (unpaired) electrons. The van der Waals surface area contributed by atoms with Crippen molar-refractivity contribution in [1.29, 1.82) is 0 Å². The minimum atomic E-state index is 0.235. The van der Waals surface area contributed by atoms with Crippen LogP contribution in [-0.2, 0) is 14.2 Å². The molecule has 4 aliphatic carbocycles. The molecule has 2 aliphatic heterocycles. The predicted molar refractivity (Wildman–Crippen MR) is 260 cm³/mol. The molecular formula is C59H64O5. The summed E-state index contributed by atoms with van der Waals surface area (Å²) in [6.07, 6.45) is 13.2. The molecule has 2 fully saturated rings. The fourth-order valence-electron chi connectivity index (χ4n) is 8.49. The lowest BCUT2D eigenvalue weighted by Gasteiger charge is -2.41. The molecule has 6 aliphatic rings. The second-order valence-corrected chi connectivity index (χ2v) is 18.4. The van der Waals surface area contributed by atoms with Crippen LogP contribution in [0.1, 0.15) is 107 Å². The summed E-state index contributed by atoms with van der Waals surface area (Å²) in [7, 11) is 0. The Morgan fingerprint density at radius 1 is 0.438 bits per heavy atom. The summed E-state index contributed by atoms with van der Waals surface area (Å²) in [6, 6.07) is 42.5. The highest BCUT2D eigenvalue weighted by Gasteiger charge is 2.35. The van der Waals surface area contributed by atoms with Crippen LogP contribution in [0.4, 0.5) is 0 Å². The Labute approximate surface area is 382 Å². The second-order valence-electron chi connectivity index (χ2n) is 18.4. The Morgan fingerprint density at radius 2 is 0.812 bits per heavy atom. The smallest absolute Gasteiger partial charge is 0.119 e. The minimum Gasteiger partial charge on any atom is -0.494 e. The van der Waals surface area contributed by atoms with Gasteiger partial charge in [-0.1, -0.05) is 93.9 Å². The highest BCUT2D eigenvalue weighted by molar-refractivity contribution is 5.86. The van der Waals surface area contributed by atoms with Gasteiger partial charge in [-0.15, -0.1) is 0 Å². The molecule has 0 saturated carbocycles. The zero-order chi connectivity index (χ0) is 43.9. The van der Waals surface area contributed by atoms with Gasteiger partial charge in [0.15, 0.2) is 0 Å². The van der Waals surface area contributed by atoms with E-state index in [0.717, 1.165) is 119 Å². The summed E-state index contributed by atoms with van der Waals surface area (Å²) in [4.78, 5) is 0. The van der Waals surface area contributed by atoms with Crippen LogP contribution < -0.4 is 9.47 Å². The van der Waals surface area contributed by atoms with Gasteiger partial charge in [-0.05, 0) is 169 Å². The van der Waals surface area contributed by atoms with E-state index in [0.29, 0.717) is 5.41 Å². The van der Waals surface area contributed by atoms with Crippen molar-refractivity contribution < 1.29 is 23.7 Å². The van der Waals surface area contributed by atoms with Crippen LogP contribution in [0, 0.1) is 34.5 Å². The third kappa shape index (κ3) is 12.8. The molecule has 0 atom stereocenters. The number of hydrogen-bond acceptors (Lipinski definition) is 5. The number of fused-ring (bicyclic) bond motifs is 2. The molecule has 0 spiro atoms. The minimum absolute atomic E-state index is 0.235. The van der Waals surface area contributed by atoms with Crippen LogP contribution >= 0.6 is 0 Å². The Bertz CT molecular complexity index is 2380. The first-order valence-corrected chi connectivity index (χ1v) is 23.7. The van der Waals surface area contributed by atoms with E-state index in [1.54, 1.807) is 0 Å². The van der Waals surface area contributed by atoms with Gasteiger partial charge in [0.1, 0.15) is 11.5 Å². The molecule has 5 heteroatoms. The van der Waals surface area contributed by atoms with Gasteiger partial charge in [0.2, 0.25) is 0 Å². The maximum Gasteiger partial charge on any atom is 0.119 e. The van der Waals surface area contributed by atoms with E-state index < -0.39 is 0 Å². The lowest BCUT2D eigenvalue weighted by molar-refractivity contribution is -0.137. The largest absolute Gasteiger partial charge is 0.494 e. The molecular weight excluding hydrogens is 789 g/mol. The topological polar surface area (TPSA) is 46.2 Å². The third-order valence-electron chi connectivity index (χ3n) is 12.9. The van der Waals surface area contributed by atoms with E-state index in [9.17, 15) is 0 Å². The molecule has 0 amide bonds. The zero-order valence-corrected chi connectivity index (χ0v) is 38.0. The first-order valence-electron chi connectivity index (χ1n) is 23.7. The van der Waals surface area contributed by atoms with Gasteiger partial charge in [-0.2, -0.15) is 0 Å². The van der Waals surface area contributed by atoms with Crippen LogP contribution in [-0.4, -0.2) is 52.9 Å². The number of unbranched alkanes of at least 4 members (excludes halogenated alkanes) is 7. The van der Waals surface area contributed by atoms with Crippen LogP contribution in [0.15, 0.2) is 121 Å². The summed E-state index contributed by atoms with van der Waals surface area (Å²) in [5.41, 5.74) is 11.9. The second kappa shape index (κ2) is 22.4. The van der Waals surface area contributed by atoms with Gasteiger partial charge in [0.25, 0.3) is 0 Å². The fourth-order valence-corrected chi connectivity index (χ4v) is 8.49. The Kier molecular flexibility index (Phi) is 15.7. The lowest BCUT2D eigenvalue weighted by atomic mass is 9.78. The Morgan fingerprint density at radius 3 is 1.19 bits per heavy atom. The molecule has 0 N–H and O–H groups in total. The molecule has 0 aromatic heterocycles. The molecule has 2 saturated heterocycles. The first-order chi connectivity index (χ1) is 31.4. The highest BCUT2D eigenvalue weighted by atomic mass is 16.5. The van der Waals surface area contributed by atoms with Gasteiger partial charge < -0.3 is 23.7 Å². The van der Waals surface area contributed by atoms with Gasteiger partial charge in [-0.25, -0.2) is 0 Å². The van der Waals surface area contributed by atoms with Gasteiger partial charge in [-0.3, -0.25) is 0 Å². The molecule has 2 aromatic carbocycles. The molecule has 330 valence electrons. The first kappa shape index (κ1) is 45.0. The molecule has 2 heterocycles. The number of benzene rings is 2. The average molecular weight is 853 g/mol. The maximum absolute atomic E-state index is 6.02. The summed E-state index contributed by atoms with van der Waals surface area (Å²) in [6.45, 7) is 11.2. The van der Waals surface area contributed by atoms with E-state index in [2.05, 4.69) is 110 Å². The van der Waals surface area contributed by atoms with E-state index in [4.69, 9.17) is 23.7 Å². The quantitative estimate of drug-likeness (QED) is 0.0533. The van der Waals surface area contributed by atoms with E-state index in [1.165, 1.54) is 71.9 Å². The van der Waals surface area contributed by atoms with Crippen molar-refractivity contribution in [3.63, 3.8) is 0 Å². The molecule has 0 unspecified atom stereocenters. The monoisotopic (exact) mass is 852 g/mol.